The van der Waals surface area contributed by atoms with Gasteiger partial charge in [-0.05, 0) is 74.1 Å². The van der Waals surface area contributed by atoms with Crippen molar-refractivity contribution in [1.82, 2.24) is 5.32 Å². The third-order valence-electron chi connectivity index (χ3n) is 5.00. The first-order valence-electron chi connectivity index (χ1n) is 10.1. The highest BCUT2D eigenvalue weighted by molar-refractivity contribution is 7.16. The number of fused-ring (bicyclic) bond motifs is 1. The quantitative estimate of drug-likeness (QED) is 0.523. The Kier molecular flexibility index (Phi) is 6.18. The predicted molar refractivity (Wildman–Crippen MR) is 117 cm³/mol. The molecule has 0 unspecified atom stereocenters. The molecule has 0 aliphatic heterocycles. The summed E-state index contributed by atoms with van der Waals surface area (Å²) in [7, 11) is 0. The molecule has 0 atom stereocenters. The summed E-state index contributed by atoms with van der Waals surface area (Å²) < 4.78 is 10.8. The first-order valence-corrected chi connectivity index (χ1v) is 10.9. The monoisotopic (exact) mass is 424 g/mol. The summed E-state index contributed by atoms with van der Waals surface area (Å²) >= 11 is 1.59. The lowest BCUT2D eigenvalue weighted by molar-refractivity contribution is 0.0948. The van der Waals surface area contributed by atoms with Gasteiger partial charge in [0.15, 0.2) is 11.5 Å². The Morgan fingerprint density at radius 1 is 1.33 bits per heavy atom. The molecule has 2 heterocycles. The van der Waals surface area contributed by atoms with Crippen molar-refractivity contribution >= 4 is 28.5 Å². The second-order valence-electron chi connectivity index (χ2n) is 7.07. The minimum atomic E-state index is -0.126. The van der Waals surface area contributed by atoms with Crippen molar-refractivity contribution in [3.05, 3.63) is 63.9 Å². The van der Waals surface area contributed by atoms with Gasteiger partial charge in [0.2, 0.25) is 0 Å². The number of phenols is 1. The molecule has 3 aromatic rings. The average Bonchev–Trinajstić information content (AvgIpc) is 3.40. The van der Waals surface area contributed by atoms with Gasteiger partial charge in [0, 0.05) is 11.1 Å². The van der Waals surface area contributed by atoms with Crippen LogP contribution in [0.5, 0.6) is 11.5 Å². The third kappa shape index (κ3) is 4.41. The normalized spacial score (nSPS) is 13.4. The summed E-state index contributed by atoms with van der Waals surface area (Å²) in [6.07, 6.45) is 7.42. The molecule has 0 saturated heterocycles. The zero-order valence-corrected chi connectivity index (χ0v) is 17.6. The highest BCUT2D eigenvalue weighted by atomic mass is 32.1. The highest BCUT2D eigenvalue weighted by Gasteiger charge is 2.25. The number of phenolic OH excluding ortho intramolecular Hbond substituents is 1. The van der Waals surface area contributed by atoms with Crippen LogP contribution >= 0.6 is 11.3 Å². The molecule has 30 heavy (non-hydrogen) atoms. The van der Waals surface area contributed by atoms with E-state index in [1.165, 1.54) is 4.88 Å². The maximum atomic E-state index is 13.0. The maximum Gasteiger partial charge on any atom is 0.255 e. The Morgan fingerprint density at radius 3 is 3.00 bits per heavy atom. The number of benzene rings is 1. The van der Waals surface area contributed by atoms with Gasteiger partial charge in [-0.1, -0.05) is 0 Å². The summed E-state index contributed by atoms with van der Waals surface area (Å²) in [5.41, 5.74) is 2.59. The van der Waals surface area contributed by atoms with Crippen molar-refractivity contribution in [2.75, 3.05) is 6.61 Å². The average molecular weight is 425 g/mol. The van der Waals surface area contributed by atoms with E-state index in [0.29, 0.717) is 35.2 Å². The van der Waals surface area contributed by atoms with Crippen LogP contribution in [0.1, 0.15) is 51.9 Å². The molecule has 0 radical (unpaired) electrons. The lowest BCUT2D eigenvalue weighted by Crippen LogP contribution is -2.23. The fraction of sp³-hybridized carbons (Fsp3) is 0.304. The van der Waals surface area contributed by atoms with Crippen molar-refractivity contribution in [3.63, 3.8) is 0 Å². The van der Waals surface area contributed by atoms with Crippen LogP contribution < -0.4 is 10.1 Å². The summed E-state index contributed by atoms with van der Waals surface area (Å²) in [5, 5.41) is 13.6. The Morgan fingerprint density at radius 2 is 2.20 bits per heavy atom. The minimum absolute atomic E-state index is 0.0959. The summed E-state index contributed by atoms with van der Waals surface area (Å²) in [6, 6.07) is 8.74. The van der Waals surface area contributed by atoms with Gasteiger partial charge in [0.1, 0.15) is 10.8 Å². The summed E-state index contributed by atoms with van der Waals surface area (Å²) in [4.78, 5) is 18.9. The first-order chi connectivity index (χ1) is 14.7. The molecule has 1 aliphatic rings. The van der Waals surface area contributed by atoms with Gasteiger partial charge in [0.25, 0.3) is 5.91 Å². The molecule has 1 aromatic carbocycles. The number of aliphatic imine (C=N–C) groups is 1. The van der Waals surface area contributed by atoms with Gasteiger partial charge < -0.3 is 19.6 Å². The second kappa shape index (κ2) is 9.17. The molecular formula is C23H24N2O4S. The molecule has 1 amide bonds. The molecule has 6 nitrogen and oxygen atoms in total. The Balaban J connectivity index is 1.61. The number of aryl methyl sites for hydroxylation is 1. The topological polar surface area (TPSA) is 84.1 Å². The van der Waals surface area contributed by atoms with Crippen molar-refractivity contribution in [1.29, 1.82) is 0 Å². The number of amides is 1. The minimum Gasteiger partial charge on any atom is -0.504 e. The maximum absolute atomic E-state index is 13.0. The van der Waals surface area contributed by atoms with E-state index >= 15 is 0 Å². The van der Waals surface area contributed by atoms with Gasteiger partial charge in [-0.25, -0.2) is 4.99 Å². The number of rotatable bonds is 7. The van der Waals surface area contributed by atoms with Crippen LogP contribution in [0.25, 0.3) is 0 Å². The fourth-order valence-corrected chi connectivity index (χ4v) is 4.79. The number of nitrogens with zero attached hydrogens (tertiary/aromatic N) is 1. The largest absolute Gasteiger partial charge is 0.504 e. The van der Waals surface area contributed by atoms with Crippen LogP contribution in [0.4, 0.5) is 5.00 Å². The van der Waals surface area contributed by atoms with Crippen molar-refractivity contribution in [2.45, 2.75) is 39.2 Å². The first kappa shape index (κ1) is 20.2. The van der Waals surface area contributed by atoms with Crippen LogP contribution in [-0.4, -0.2) is 23.8 Å². The van der Waals surface area contributed by atoms with Crippen LogP contribution in [-0.2, 0) is 19.4 Å². The van der Waals surface area contributed by atoms with Crippen LogP contribution in [0.15, 0.2) is 46.0 Å². The molecule has 0 fully saturated rings. The second-order valence-corrected chi connectivity index (χ2v) is 8.16. The van der Waals surface area contributed by atoms with E-state index in [9.17, 15) is 9.90 Å². The van der Waals surface area contributed by atoms with E-state index in [4.69, 9.17) is 9.15 Å². The van der Waals surface area contributed by atoms with Gasteiger partial charge in [-0.2, -0.15) is 0 Å². The van der Waals surface area contributed by atoms with E-state index < -0.39 is 0 Å². The zero-order chi connectivity index (χ0) is 20.9. The number of thiophene rings is 1. The van der Waals surface area contributed by atoms with Crippen LogP contribution in [0.3, 0.4) is 0 Å². The molecule has 0 saturated carbocycles. The zero-order valence-electron chi connectivity index (χ0n) is 16.8. The van der Waals surface area contributed by atoms with E-state index in [1.807, 2.05) is 13.0 Å². The Hall–Kier alpha value is -3.06. The third-order valence-corrected chi connectivity index (χ3v) is 6.20. The number of ether oxygens (including phenoxy) is 1. The van der Waals surface area contributed by atoms with Crippen LogP contribution in [0, 0.1) is 0 Å². The van der Waals surface area contributed by atoms with Crippen molar-refractivity contribution < 1.29 is 19.1 Å². The van der Waals surface area contributed by atoms with E-state index in [0.717, 1.165) is 36.8 Å². The molecule has 7 heteroatoms. The lowest BCUT2D eigenvalue weighted by Gasteiger charge is -2.12. The molecule has 1 aliphatic carbocycles. The molecule has 4 rings (SSSR count). The number of nitrogens with one attached hydrogen (secondary N) is 1. The number of carbonyl (C=O) groups is 1. The van der Waals surface area contributed by atoms with Gasteiger partial charge in [0.05, 0.1) is 25.0 Å². The summed E-state index contributed by atoms with van der Waals surface area (Å²) in [5.74, 6) is 1.10. The van der Waals surface area contributed by atoms with Gasteiger partial charge in [-0.3, -0.25) is 4.79 Å². The fourth-order valence-electron chi connectivity index (χ4n) is 3.56. The molecule has 0 spiro atoms. The van der Waals surface area contributed by atoms with E-state index in [2.05, 4.69) is 10.3 Å². The predicted octanol–water partition coefficient (Wildman–Crippen LogP) is 5.00. The SMILES string of the molecule is CCOc1cc(/C=N/c2sc3c(c2C(=O)NCc2ccco2)CCCC3)ccc1O. The lowest BCUT2D eigenvalue weighted by atomic mass is 9.95. The smallest absolute Gasteiger partial charge is 0.255 e. The number of carbonyl (C=O) groups excluding carboxylic acids is 1. The molecule has 2 N–H and O–H groups in total. The molecule has 2 aromatic heterocycles. The highest BCUT2D eigenvalue weighted by Crippen LogP contribution is 2.40. The number of hydrogen-bond acceptors (Lipinski definition) is 6. The van der Waals surface area contributed by atoms with Gasteiger partial charge in [-0.15, -0.1) is 11.3 Å². The van der Waals surface area contributed by atoms with Crippen LogP contribution in [0.2, 0.25) is 0 Å². The molecule has 0 bridgehead atoms. The van der Waals surface area contributed by atoms with Crippen molar-refractivity contribution in [2.24, 2.45) is 4.99 Å². The Labute approximate surface area is 179 Å². The van der Waals surface area contributed by atoms with Gasteiger partial charge >= 0.3 is 0 Å². The van der Waals surface area contributed by atoms with Crippen molar-refractivity contribution in [3.8, 4) is 11.5 Å². The standard InChI is InChI=1S/C23H24N2O4S/c1-2-28-19-12-15(9-10-18(19)26)13-25-23-21(17-7-3-4-8-20(17)30-23)22(27)24-14-16-6-5-11-29-16/h5-6,9-13,26H,2-4,7-8,14H2,1H3,(H,24,27)/b25-13+. The van der Waals surface area contributed by atoms with E-state index in [1.54, 1.807) is 48.1 Å². The number of aromatic hydroxyl groups is 1. The number of hydrogen-bond donors (Lipinski definition) is 2. The Bertz CT molecular complexity index is 1050. The van der Waals surface area contributed by atoms with E-state index in [-0.39, 0.29) is 11.7 Å². The number of furan rings is 1. The summed E-state index contributed by atoms with van der Waals surface area (Å²) in [6.45, 7) is 2.67. The molecular weight excluding hydrogens is 400 g/mol. The molecule has 156 valence electrons.